The average molecular weight is 466 g/mol. The van der Waals surface area contributed by atoms with Crippen molar-refractivity contribution in [1.29, 1.82) is 0 Å². The Hall–Kier alpha value is -0.550. The van der Waals surface area contributed by atoms with Gasteiger partial charge in [0.1, 0.15) is 4.83 Å². The van der Waals surface area contributed by atoms with Crippen LogP contribution in [0.4, 0.5) is 5.69 Å². The molecule has 0 aliphatic rings. The molecule has 116 valence electrons. The van der Waals surface area contributed by atoms with Gasteiger partial charge in [0, 0.05) is 5.69 Å². The van der Waals surface area contributed by atoms with E-state index in [1.807, 2.05) is 37.3 Å². The molecule has 2 rings (SSSR count). The second-order valence-electron chi connectivity index (χ2n) is 4.78. The molecule has 2 nitrogen and oxygen atoms in total. The third-order valence-electron chi connectivity index (χ3n) is 3.15. The normalized spacial score (nSPS) is 13.5. The van der Waals surface area contributed by atoms with Crippen LogP contribution >= 0.6 is 55.1 Å². The molecule has 0 aliphatic heterocycles. The molecule has 6 heteroatoms. The van der Waals surface area contributed by atoms with Crippen LogP contribution in [0.2, 0.25) is 10.0 Å². The molecule has 0 bridgehead atoms. The highest BCUT2D eigenvalue weighted by atomic mass is 79.9. The fourth-order valence-electron chi connectivity index (χ4n) is 1.92. The van der Waals surface area contributed by atoms with Crippen molar-refractivity contribution >= 4 is 66.7 Å². The van der Waals surface area contributed by atoms with E-state index in [2.05, 4.69) is 37.2 Å². The van der Waals surface area contributed by atoms with Crippen molar-refractivity contribution in [1.82, 2.24) is 0 Å². The maximum absolute atomic E-state index is 12.4. The highest BCUT2D eigenvalue weighted by Crippen LogP contribution is 2.33. The number of hydrogen-bond donors (Lipinski definition) is 1. The van der Waals surface area contributed by atoms with Gasteiger partial charge in [0.2, 0.25) is 5.91 Å². The number of carbonyl (C=O) groups excluding carboxylic acids is 1. The third-order valence-corrected chi connectivity index (χ3v) is 6.58. The molecule has 0 saturated heterocycles. The minimum Gasteiger partial charge on any atom is -0.325 e. The summed E-state index contributed by atoms with van der Waals surface area (Å²) < 4.78 is 0. The lowest BCUT2D eigenvalue weighted by atomic mass is 10.1. The van der Waals surface area contributed by atoms with Crippen LogP contribution in [-0.4, -0.2) is 10.7 Å². The van der Waals surface area contributed by atoms with Gasteiger partial charge in [0.15, 0.2) is 0 Å². The van der Waals surface area contributed by atoms with E-state index in [9.17, 15) is 4.79 Å². The highest BCUT2D eigenvalue weighted by molar-refractivity contribution is 9.12. The Labute approximate surface area is 156 Å². The van der Waals surface area contributed by atoms with E-state index in [0.29, 0.717) is 15.7 Å². The zero-order valence-corrected chi connectivity index (χ0v) is 16.3. The molecule has 2 atom stereocenters. The molecule has 1 amide bonds. The van der Waals surface area contributed by atoms with Crippen LogP contribution in [0.1, 0.15) is 16.0 Å². The minimum absolute atomic E-state index is 0.142. The number of carbonyl (C=O) groups is 1. The van der Waals surface area contributed by atoms with Crippen molar-refractivity contribution in [3.63, 3.8) is 0 Å². The number of alkyl halides is 2. The van der Waals surface area contributed by atoms with E-state index in [0.717, 1.165) is 11.1 Å². The van der Waals surface area contributed by atoms with Gasteiger partial charge in [-0.15, -0.1) is 0 Å². The van der Waals surface area contributed by atoms with Crippen LogP contribution in [0.25, 0.3) is 0 Å². The van der Waals surface area contributed by atoms with Gasteiger partial charge in [-0.2, -0.15) is 0 Å². The first kappa shape index (κ1) is 17.8. The highest BCUT2D eigenvalue weighted by Gasteiger charge is 2.25. The van der Waals surface area contributed by atoms with Crippen LogP contribution in [0.5, 0.6) is 0 Å². The van der Waals surface area contributed by atoms with Crippen LogP contribution in [0.3, 0.4) is 0 Å². The molecule has 0 radical (unpaired) electrons. The van der Waals surface area contributed by atoms with Crippen LogP contribution in [0.15, 0.2) is 42.5 Å². The van der Waals surface area contributed by atoms with E-state index in [1.54, 1.807) is 12.1 Å². The van der Waals surface area contributed by atoms with Gasteiger partial charge < -0.3 is 5.32 Å². The lowest BCUT2D eigenvalue weighted by molar-refractivity contribution is -0.115. The van der Waals surface area contributed by atoms with Crippen molar-refractivity contribution in [2.45, 2.75) is 16.6 Å². The smallest absolute Gasteiger partial charge is 0.239 e. The molecule has 2 aromatic rings. The topological polar surface area (TPSA) is 29.1 Å². The van der Waals surface area contributed by atoms with Gasteiger partial charge in [-0.3, -0.25) is 4.79 Å². The Morgan fingerprint density at radius 1 is 1.09 bits per heavy atom. The number of amides is 1. The first-order chi connectivity index (χ1) is 10.4. The second kappa shape index (κ2) is 7.82. The second-order valence-corrected chi connectivity index (χ2v) is 7.57. The van der Waals surface area contributed by atoms with E-state index in [-0.39, 0.29) is 10.7 Å². The van der Waals surface area contributed by atoms with Crippen LogP contribution in [0, 0.1) is 6.92 Å². The van der Waals surface area contributed by atoms with E-state index >= 15 is 0 Å². The molecule has 1 N–H and O–H groups in total. The van der Waals surface area contributed by atoms with Gasteiger partial charge in [-0.05, 0) is 30.2 Å². The molecule has 0 aliphatic carbocycles. The average Bonchev–Trinajstić information content (AvgIpc) is 2.52. The lowest BCUT2D eigenvalue weighted by Gasteiger charge is -2.18. The Morgan fingerprint density at radius 3 is 2.32 bits per heavy atom. The summed E-state index contributed by atoms with van der Waals surface area (Å²) >= 11 is 19.0. The molecular formula is C16H13Br2Cl2NO. The summed E-state index contributed by atoms with van der Waals surface area (Å²) in [6, 6.07) is 13.1. The molecular weight excluding hydrogens is 453 g/mol. The van der Waals surface area contributed by atoms with Crippen molar-refractivity contribution in [3.05, 3.63) is 63.6 Å². The SMILES string of the molecule is Cc1cc(Cl)c(Cl)cc1NC(=O)[C@H](Br)[C@H](Br)c1ccccc1. The van der Waals surface area contributed by atoms with Crippen molar-refractivity contribution in [2.75, 3.05) is 5.32 Å². The number of benzene rings is 2. The predicted molar refractivity (Wildman–Crippen MR) is 101 cm³/mol. The van der Waals surface area contributed by atoms with Gasteiger partial charge in [-0.1, -0.05) is 85.4 Å². The molecule has 2 aromatic carbocycles. The molecule has 0 spiro atoms. The van der Waals surface area contributed by atoms with Gasteiger partial charge in [0.05, 0.1) is 14.9 Å². The van der Waals surface area contributed by atoms with E-state index in [1.165, 1.54) is 0 Å². The summed E-state index contributed by atoms with van der Waals surface area (Å²) in [5, 5.41) is 3.75. The molecule has 0 fully saturated rings. The Bertz CT molecular complexity index is 679. The largest absolute Gasteiger partial charge is 0.325 e. The van der Waals surface area contributed by atoms with Crippen LogP contribution < -0.4 is 5.32 Å². The van der Waals surface area contributed by atoms with Gasteiger partial charge in [0.25, 0.3) is 0 Å². The zero-order valence-electron chi connectivity index (χ0n) is 11.6. The maximum atomic E-state index is 12.4. The summed E-state index contributed by atoms with van der Waals surface area (Å²) in [5.74, 6) is -0.160. The van der Waals surface area contributed by atoms with Crippen molar-refractivity contribution < 1.29 is 4.79 Å². The zero-order chi connectivity index (χ0) is 16.3. The number of rotatable bonds is 4. The lowest BCUT2D eigenvalue weighted by Crippen LogP contribution is -2.26. The van der Waals surface area contributed by atoms with Crippen molar-refractivity contribution in [3.8, 4) is 0 Å². The summed E-state index contributed by atoms with van der Waals surface area (Å²) in [6.07, 6.45) is 0. The Kier molecular flexibility index (Phi) is 6.33. The molecule has 22 heavy (non-hydrogen) atoms. The van der Waals surface area contributed by atoms with Crippen molar-refractivity contribution in [2.24, 2.45) is 0 Å². The maximum Gasteiger partial charge on any atom is 0.239 e. The molecule has 0 saturated carbocycles. The van der Waals surface area contributed by atoms with Gasteiger partial charge >= 0.3 is 0 Å². The first-order valence-electron chi connectivity index (χ1n) is 6.49. The Morgan fingerprint density at radius 2 is 1.68 bits per heavy atom. The molecule has 0 unspecified atom stereocenters. The van der Waals surface area contributed by atoms with E-state index in [4.69, 9.17) is 23.2 Å². The fourth-order valence-corrected chi connectivity index (χ4v) is 3.27. The Balaban J connectivity index is 2.13. The first-order valence-corrected chi connectivity index (χ1v) is 9.08. The quantitative estimate of drug-likeness (QED) is 0.540. The van der Waals surface area contributed by atoms with Gasteiger partial charge in [-0.25, -0.2) is 0 Å². The number of anilines is 1. The number of aryl methyl sites for hydroxylation is 1. The number of hydrogen-bond acceptors (Lipinski definition) is 1. The van der Waals surface area contributed by atoms with E-state index < -0.39 is 4.83 Å². The minimum atomic E-state index is -0.427. The fraction of sp³-hybridized carbons (Fsp3) is 0.188. The summed E-state index contributed by atoms with van der Waals surface area (Å²) in [5.41, 5.74) is 2.52. The monoisotopic (exact) mass is 463 g/mol. The molecule has 0 aromatic heterocycles. The van der Waals surface area contributed by atoms with Crippen LogP contribution in [-0.2, 0) is 4.79 Å². The predicted octanol–water partition coefficient (Wildman–Crippen LogP) is 6.14. The number of halogens is 4. The summed E-state index contributed by atoms with van der Waals surface area (Å²) in [4.78, 5) is 11.8. The summed E-state index contributed by atoms with van der Waals surface area (Å²) in [6.45, 7) is 1.86. The third kappa shape index (κ3) is 4.25. The molecule has 0 heterocycles. The standard InChI is InChI=1S/C16H13Br2Cl2NO/c1-9-7-11(19)12(20)8-13(9)21-16(22)15(18)14(17)10-5-3-2-4-6-10/h2-8,14-15H,1H3,(H,21,22)/t14-,15-/m1/s1. The number of nitrogens with one attached hydrogen (secondary N) is 1. The summed E-state index contributed by atoms with van der Waals surface area (Å²) in [7, 11) is 0.